The predicted octanol–water partition coefficient (Wildman–Crippen LogP) is 3.53. The van der Waals surface area contributed by atoms with Gasteiger partial charge in [-0.15, -0.1) is 10.2 Å². The van der Waals surface area contributed by atoms with Gasteiger partial charge in [0.15, 0.2) is 11.6 Å². The van der Waals surface area contributed by atoms with Crippen LogP contribution in [0.15, 0.2) is 48.0 Å². The number of carbonyl (C=O) groups is 2. The molecule has 1 atom stereocenters. The Bertz CT molecular complexity index is 1320. The Morgan fingerprint density at radius 3 is 2.45 bits per heavy atom. The van der Waals surface area contributed by atoms with E-state index < -0.39 is 34.2 Å². The average molecular weight is 470 g/mol. The fourth-order valence-corrected chi connectivity index (χ4v) is 4.19. The highest BCUT2D eigenvalue weighted by atomic mass is 32.1. The van der Waals surface area contributed by atoms with E-state index in [1.54, 1.807) is 6.92 Å². The lowest BCUT2D eigenvalue weighted by Gasteiger charge is -2.22. The maximum Gasteiger partial charge on any atom is 0.301 e. The minimum Gasteiger partial charge on any atom is -0.507 e. The minimum absolute atomic E-state index is 0.0494. The van der Waals surface area contributed by atoms with E-state index in [1.807, 2.05) is 0 Å². The lowest BCUT2D eigenvalue weighted by Crippen LogP contribution is -2.29. The van der Waals surface area contributed by atoms with Crippen LogP contribution in [0.25, 0.3) is 5.76 Å². The van der Waals surface area contributed by atoms with Gasteiger partial charge in [-0.3, -0.25) is 24.6 Å². The number of hydrogen-bond donors (Lipinski definition) is 1. The number of hydrogen-bond acceptors (Lipinski definition) is 9. The molecule has 1 aromatic heterocycles. The molecule has 1 saturated heterocycles. The zero-order valence-corrected chi connectivity index (χ0v) is 18.0. The van der Waals surface area contributed by atoms with Gasteiger partial charge in [0.1, 0.15) is 10.8 Å². The van der Waals surface area contributed by atoms with Crippen LogP contribution in [0.4, 0.5) is 15.2 Å². The first-order valence-electron chi connectivity index (χ1n) is 9.42. The fourth-order valence-electron chi connectivity index (χ4n) is 3.48. The van der Waals surface area contributed by atoms with Crippen LogP contribution in [0.2, 0.25) is 0 Å². The molecular formula is C21H15FN4O6S. The van der Waals surface area contributed by atoms with Gasteiger partial charge in [0.2, 0.25) is 5.13 Å². The highest BCUT2D eigenvalue weighted by Gasteiger charge is 2.48. The van der Waals surface area contributed by atoms with E-state index in [0.29, 0.717) is 10.6 Å². The topological polar surface area (TPSA) is 136 Å². The number of benzene rings is 2. The molecule has 4 rings (SSSR count). The summed E-state index contributed by atoms with van der Waals surface area (Å²) in [7, 11) is 1.28. The second-order valence-corrected chi connectivity index (χ2v) is 8.13. The molecule has 0 saturated carbocycles. The van der Waals surface area contributed by atoms with Gasteiger partial charge < -0.3 is 9.84 Å². The second-order valence-electron chi connectivity index (χ2n) is 6.97. The van der Waals surface area contributed by atoms with Crippen LogP contribution in [-0.4, -0.2) is 39.0 Å². The van der Waals surface area contributed by atoms with Crippen molar-refractivity contribution in [3.05, 3.63) is 80.1 Å². The first kappa shape index (κ1) is 22.0. The molecular weight excluding hydrogens is 455 g/mol. The Balaban J connectivity index is 1.92. The molecule has 2 aromatic carbocycles. The molecule has 12 heteroatoms. The monoisotopic (exact) mass is 470 g/mol. The van der Waals surface area contributed by atoms with Crippen molar-refractivity contribution in [3.8, 4) is 5.75 Å². The fraction of sp³-hybridized carbons (Fsp3) is 0.143. The molecule has 2 heterocycles. The Morgan fingerprint density at radius 1 is 1.21 bits per heavy atom. The van der Waals surface area contributed by atoms with E-state index in [4.69, 9.17) is 4.74 Å². The molecule has 10 nitrogen and oxygen atoms in total. The minimum atomic E-state index is -1.16. The number of methoxy groups -OCH3 is 1. The number of ketones is 1. The molecule has 1 aliphatic heterocycles. The standard InChI is InChI=1S/C21H15FN4O6S/c1-10-23-24-21(33-10)25-17(11-3-6-13(7-4-11)26(30)31)16(19(28)20(25)29)18(27)12-5-8-15(32-2)14(22)9-12/h3-9,17,27H,1-2H3/t17-/m0/s1. The van der Waals surface area contributed by atoms with Crippen LogP contribution < -0.4 is 9.64 Å². The number of carbonyl (C=O) groups excluding carboxylic acids is 2. The van der Waals surface area contributed by atoms with Crippen molar-refractivity contribution in [1.82, 2.24) is 10.2 Å². The van der Waals surface area contributed by atoms with E-state index in [-0.39, 0.29) is 27.7 Å². The van der Waals surface area contributed by atoms with Gasteiger partial charge in [-0.05, 0) is 42.8 Å². The second kappa shape index (κ2) is 8.39. The number of nitrogens with zero attached hydrogens (tertiary/aromatic N) is 4. The van der Waals surface area contributed by atoms with Crippen molar-refractivity contribution < 1.29 is 28.7 Å². The number of aryl methyl sites for hydroxylation is 1. The third kappa shape index (κ3) is 3.80. The number of aliphatic hydroxyl groups excluding tert-OH is 1. The maximum atomic E-state index is 14.3. The highest BCUT2D eigenvalue weighted by Crippen LogP contribution is 2.43. The van der Waals surface area contributed by atoms with E-state index >= 15 is 0 Å². The summed E-state index contributed by atoms with van der Waals surface area (Å²) in [6.07, 6.45) is 0. The van der Waals surface area contributed by atoms with Gasteiger partial charge >= 0.3 is 5.91 Å². The quantitative estimate of drug-likeness (QED) is 0.197. The summed E-state index contributed by atoms with van der Waals surface area (Å²) < 4.78 is 19.1. The van der Waals surface area contributed by atoms with Crippen LogP contribution in [-0.2, 0) is 9.59 Å². The summed E-state index contributed by atoms with van der Waals surface area (Å²) in [5, 5.41) is 30.5. The van der Waals surface area contributed by atoms with Crippen LogP contribution in [0.1, 0.15) is 22.2 Å². The Hall–Kier alpha value is -4.19. The summed E-state index contributed by atoms with van der Waals surface area (Å²) in [5.74, 6) is -3.43. The van der Waals surface area contributed by atoms with Gasteiger partial charge in [0, 0.05) is 17.7 Å². The zero-order chi connectivity index (χ0) is 23.9. The molecule has 1 aliphatic rings. The average Bonchev–Trinajstić information content (AvgIpc) is 3.34. The lowest BCUT2D eigenvalue weighted by molar-refractivity contribution is -0.384. The number of aliphatic hydroxyl groups is 1. The number of halogens is 1. The number of ether oxygens (including phenoxy) is 1. The van der Waals surface area contributed by atoms with E-state index in [1.165, 1.54) is 43.5 Å². The van der Waals surface area contributed by atoms with Gasteiger partial charge in [-0.2, -0.15) is 0 Å². The van der Waals surface area contributed by atoms with Crippen LogP contribution in [0.3, 0.4) is 0 Å². The Kier molecular flexibility index (Phi) is 5.60. The van der Waals surface area contributed by atoms with Crippen molar-refractivity contribution in [3.63, 3.8) is 0 Å². The molecule has 1 N–H and O–H groups in total. The largest absolute Gasteiger partial charge is 0.507 e. The number of rotatable bonds is 5. The molecule has 33 heavy (non-hydrogen) atoms. The number of amides is 1. The van der Waals surface area contributed by atoms with E-state index in [9.17, 15) is 29.2 Å². The summed E-state index contributed by atoms with van der Waals surface area (Å²) in [6, 6.07) is 7.60. The SMILES string of the molecule is COc1ccc(C(O)=C2C(=O)C(=O)N(c3nnc(C)s3)[C@H]2c2ccc([N+](=O)[O-])cc2)cc1F. The van der Waals surface area contributed by atoms with Crippen LogP contribution >= 0.6 is 11.3 Å². The first-order chi connectivity index (χ1) is 15.7. The van der Waals surface area contributed by atoms with Crippen molar-refractivity contribution in [2.45, 2.75) is 13.0 Å². The van der Waals surface area contributed by atoms with Crippen molar-refractivity contribution in [1.29, 1.82) is 0 Å². The Morgan fingerprint density at radius 2 is 1.91 bits per heavy atom. The first-order valence-corrected chi connectivity index (χ1v) is 10.2. The smallest absolute Gasteiger partial charge is 0.301 e. The normalized spacial score (nSPS) is 17.4. The van der Waals surface area contributed by atoms with Crippen molar-refractivity contribution in [2.24, 2.45) is 0 Å². The molecule has 0 spiro atoms. The summed E-state index contributed by atoms with van der Waals surface area (Å²) >= 11 is 1.06. The van der Waals surface area contributed by atoms with Gasteiger partial charge in [0.05, 0.1) is 23.6 Å². The molecule has 1 fully saturated rings. The van der Waals surface area contributed by atoms with Gasteiger partial charge in [-0.25, -0.2) is 4.39 Å². The molecule has 3 aromatic rings. The Labute approximate surface area is 189 Å². The predicted molar refractivity (Wildman–Crippen MR) is 115 cm³/mol. The maximum absolute atomic E-state index is 14.3. The molecule has 0 radical (unpaired) electrons. The van der Waals surface area contributed by atoms with Gasteiger partial charge in [0.25, 0.3) is 11.5 Å². The molecule has 1 amide bonds. The van der Waals surface area contributed by atoms with Gasteiger partial charge in [-0.1, -0.05) is 11.3 Å². The lowest BCUT2D eigenvalue weighted by atomic mass is 9.95. The summed E-state index contributed by atoms with van der Waals surface area (Å²) in [5.41, 5.74) is -0.249. The highest BCUT2D eigenvalue weighted by molar-refractivity contribution is 7.15. The van der Waals surface area contributed by atoms with Crippen LogP contribution in [0.5, 0.6) is 5.75 Å². The third-order valence-corrected chi connectivity index (χ3v) is 5.85. The number of nitro groups is 1. The van der Waals surface area contributed by atoms with Crippen molar-refractivity contribution in [2.75, 3.05) is 12.0 Å². The number of non-ortho nitro benzene ring substituents is 1. The van der Waals surface area contributed by atoms with E-state index in [2.05, 4.69) is 10.2 Å². The third-order valence-electron chi connectivity index (χ3n) is 5.01. The summed E-state index contributed by atoms with van der Waals surface area (Å²) in [4.78, 5) is 37.5. The number of Topliss-reactive ketones (excluding diaryl/α,β-unsaturated/α-hetero) is 1. The van der Waals surface area contributed by atoms with Crippen LogP contribution in [0, 0.1) is 22.9 Å². The number of aromatic nitrogens is 2. The molecule has 0 aliphatic carbocycles. The molecule has 0 bridgehead atoms. The summed E-state index contributed by atoms with van der Waals surface area (Å²) in [6.45, 7) is 1.67. The zero-order valence-electron chi connectivity index (χ0n) is 17.2. The number of nitro benzene ring substituents is 1. The molecule has 0 unspecified atom stereocenters. The molecule has 168 valence electrons. The van der Waals surface area contributed by atoms with Crippen molar-refractivity contribution >= 4 is 39.6 Å². The van der Waals surface area contributed by atoms with E-state index in [0.717, 1.165) is 22.3 Å². The number of anilines is 1.